The molecule has 1 aromatic rings. The second-order valence-corrected chi connectivity index (χ2v) is 4.62. The van der Waals surface area contributed by atoms with E-state index in [0.717, 1.165) is 30.6 Å². The zero-order valence-corrected chi connectivity index (χ0v) is 10.3. The number of aromatic nitrogens is 1. The van der Waals surface area contributed by atoms with Crippen LogP contribution in [-0.2, 0) is 11.2 Å². The summed E-state index contributed by atoms with van der Waals surface area (Å²) in [6.07, 6.45) is 1.59. The van der Waals surface area contributed by atoms with Crippen LogP contribution in [0.3, 0.4) is 0 Å². The predicted molar refractivity (Wildman–Crippen MR) is 61.5 cm³/mol. The van der Waals surface area contributed by atoms with E-state index < -0.39 is 0 Å². The van der Waals surface area contributed by atoms with Crippen LogP contribution in [0.15, 0.2) is 4.52 Å². The molecule has 1 unspecified atom stereocenters. The first-order valence-electron chi connectivity index (χ1n) is 5.95. The SMILES string of the molecule is Cc1noc(C)c1CC(=O)N1CCCC(O)C1. The zero-order chi connectivity index (χ0) is 12.4. The number of carbonyl (C=O) groups excluding carboxylic acids is 1. The van der Waals surface area contributed by atoms with E-state index in [2.05, 4.69) is 5.16 Å². The van der Waals surface area contributed by atoms with Crippen molar-refractivity contribution in [3.8, 4) is 0 Å². The van der Waals surface area contributed by atoms with Gasteiger partial charge in [0.05, 0.1) is 18.2 Å². The molecule has 1 atom stereocenters. The van der Waals surface area contributed by atoms with Gasteiger partial charge < -0.3 is 14.5 Å². The summed E-state index contributed by atoms with van der Waals surface area (Å²) >= 11 is 0. The lowest BCUT2D eigenvalue weighted by atomic mass is 10.1. The molecule has 2 heterocycles. The number of nitrogens with zero attached hydrogens (tertiary/aromatic N) is 2. The third-order valence-electron chi connectivity index (χ3n) is 3.26. The Morgan fingerprint density at radius 1 is 1.59 bits per heavy atom. The highest BCUT2D eigenvalue weighted by molar-refractivity contribution is 5.79. The van der Waals surface area contributed by atoms with E-state index >= 15 is 0 Å². The van der Waals surface area contributed by atoms with E-state index in [4.69, 9.17) is 4.52 Å². The first kappa shape index (κ1) is 12.1. The Bertz CT molecular complexity index is 394. The van der Waals surface area contributed by atoms with Gasteiger partial charge in [-0.2, -0.15) is 0 Å². The maximum Gasteiger partial charge on any atom is 0.227 e. The molecule has 0 aliphatic carbocycles. The highest BCUT2D eigenvalue weighted by Crippen LogP contribution is 2.16. The van der Waals surface area contributed by atoms with Crippen LogP contribution >= 0.6 is 0 Å². The third kappa shape index (κ3) is 2.66. The summed E-state index contributed by atoms with van der Waals surface area (Å²) in [5.74, 6) is 0.742. The Kier molecular flexibility index (Phi) is 3.47. The zero-order valence-electron chi connectivity index (χ0n) is 10.3. The van der Waals surface area contributed by atoms with Crippen molar-refractivity contribution in [1.29, 1.82) is 0 Å². The fourth-order valence-corrected chi connectivity index (χ4v) is 2.20. The van der Waals surface area contributed by atoms with Crippen molar-refractivity contribution in [3.05, 3.63) is 17.0 Å². The van der Waals surface area contributed by atoms with Crippen LogP contribution in [-0.4, -0.2) is 40.3 Å². The lowest BCUT2D eigenvalue weighted by molar-refractivity contribution is -0.133. The summed E-state index contributed by atoms with van der Waals surface area (Å²) in [6.45, 7) is 4.83. The fourth-order valence-electron chi connectivity index (χ4n) is 2.20. The molecule has 1 N–H and O–H groups in total. The Hall–Kier alpha value is -1.36. The monoisotopic (exact) mass is 238 g/mol. The number of likely N-dealkylation sites (tertiary alicyclic amines) is 1. The van der Waals surface area contributed by atoms with Crippen molar-refractivity contribution in [2.45, 2.75) is 39.2 Å². The van der Waals surface area contributed by atoms with Crippen molar-refractivity contribution in [2.75, 3.05) is 13.1 Å². The molecule has 1 aliphatic rings. The smallest absolute Gasteiger partial charge is 0.227 e. The summed E-state index contributed by atoms with van der Waals surface area (Å²) in [7, 11) is 0. The molecule has 1 saturated heterocycles. The van der Waals surface area contributed by atoms with Crippen LogP contribution in [0.5, 0.6) is 0 Å². The predicted octanol–water partition coefficient (Wildman–Crippen LogP) is 0.817. The van der Waals surface area contributed by atoms with Crippen molar-refractivity contribution in [1.82, 2.24) is 10.1 Å². The first-order valence-corrected chi connectivity index (χ1v) is 5.95. The number of aliphatic hydroxyl groups excluding tert-OH is 1. The molecule has 0 bridgehead atoms. The minimum absolute atomic E-state index is 0.0400. The van der Waals surface area contributed by atoms with Crippen molar-refractivity contribution in [3.63, 3.8) is 0 Å². The molecule has 0 saturated carbocycles. The molecule has 1 amide bonds. The average molecular weight is 238 g/mol. The largest absolute Gasteiger partial charge is 0.391 e. The number of hydrogen-bond donors (Lipinski definition) is 1. The summed E-state index contributed by atoms with van der Waals surface area (Å²) in [4.78, 5) is 13.8. The van der Waals surface area contributed by atoms with Gasteiger partial charge in [-0.15, -0.1) is 0 Å². The second-order valence-electron chi connectivity index (χ2n) is 4.62. The van der Waals surface area contributed by atoms with E-state index in [-0.39, 0.29) is 12.0 Å². The van der Waals surface area contributed by atoms with E-state index in [1.54, 1.807) is 4.90 Å². The van der Waals surface area contributed by atoms with Gasteiger partial charge >= 0.3 is 0 Å². The molecule has 17 heavy (non-hydrogen) atoms. The number of hydrogen-bond acceptors (Lipinski definition) is 4. The minimum atomic E-state index is -0.377. The molecular weight excluding hydrogens is 220 g/mol. The highest BCUT2D eigenvalue weighted by atomic mass is 16.5. The molecule has 5 nitrogen and oxygen atoms in total. The summed E-state index contributed by atoms with van der Waals surface area (Å²) in [5.41, 5.74) is 1.64. The molecule has 2 rings (SSSR count). The Morgan fingerprint density at radius 3 is 2.94 bits per heavy atom. The molecule has 0 spiro atoms. The topological polar surface area (TPSA) is 66.6 Å². The molecule has 94 valence electrons. The van der Waals surface area contributed by atoms with Crippen LogP contribution < -0.4 is 0 Å². The van der Waals surface area contributed by atoms with Gasteiger partial charge in [-0.25, -0.2) is 0 Å². The van der Waals surface area contributed by atoms with Gasteiger partial charge in [0.15, 0.2) is 0 Å². The summed E-state index contributed by atoms with van der Waals surface area (Å²) < 4.78 is 5.03. The van der Waals surface area contributed by atoms with Crippen molar-refractivity contribution >= 4 is 5.91 Å². The summed E-state index contributed by atoms with van der Waals surface area (Å²) in [5, 5.41) is 13.4. The normalized spacial score (nSPS) is 20.6. The van der Waals surface area contributed by atoms with Gasteiger partial charge in [0.2, 0.25) is 5.91 Å². The van der Waals surface area contributed by atoms with E-state index in [0.29, 0.717) is 18.7 Å². The van der Waals surface area contributed by atoms with Crippen molar-refractivity contribution in [2.24, 2.45) is 0 Å². The fraction of sp³-hybridized carbons (Fsp3) is 0.667. The molecule has 0 radical (unpaired) electrons. The van der Waals surface area contributed by atoms with Crippen LogP contribution in [0.2, 0.25) is 0 Å². The van der Waals surface area contributed by atoms with Gasteiger partial charge in [0.1, 0.15) is 5.76 Å². The maximum absolute atomic E-state index is 12.1. The van der Waals surface area contributed by atoms with E-state index in [1.165, 1.54) is 0 Å². The first-order chi connectivity index (χ1) is 8.08. The number of piperidine rings is 1. The van der Waals surface area contributed by atoms with Crippen molar-refractivity contribution < 1.29 is 14.4 Å². The van der Waals surface area contributed by atoms with Gasteiger partial charge in [-0.3, -0.25) is 4.79 Å². The Labute approximate surface area is 100 Å². The molecule has 5 heteroatoms. The van der Waals surface area contributed by atoms with Gasteiger partial charge in [0.25, 0.3) is 0 Å². The lowest BCUT2D eigenvalue weighted by Crippen LogP contribution is -2.42. The van der Waals surface area contributed by atoms with Crippen LogP contribution in [0.25, 0.3) is 0 Å². The Balaban J connectivity index is 2.01. The lowest BCUT2D eigenvalue weighted by Gasteiger charge is -2.30. The van der Waals surface area contributed by atoms with Gasteiger partial charge in [-0.1, -0.05) is 5.16 Å². The standard InChI is InChI=1S/C12H18N2O3/c1-8-11(9(2)17-13-8)6-12(16)14-5-3-4-10(15)7-14/h10,15H,3-7H2,1-2H3. The number of aryl methyl sites for hydroxylation is 2. The number of rotatable bonds is 2. The van der Waals surface area contributed by atoms with E-state index in [9.17, 15) is 9.90 Å². The third-order valence-corrected chi connectivity index (χ3v) is 3.26. The van der Waals surface area contributed by atoms with Gasteiger partial charge in [0, 0.05) is 18.7 Å². The summed E-state index contributed by atoms with van der Waals surface area (Å²) in [6, 6.07) is 0. The molecule has 1 aliphatic heterocycles. The quantitative estimate of drug-likeness (QED) is 0.828. The number of amides is 1. The number of aliphatic hydroxyl groups is 1. The van der Waals surface area contributed by atoms with E-state index in [1.807, 2.05) is 13.8 Å². The average Bonchev–Trinajstić information content (AvgIpc) is 2.61. The highest BCUT2D eigenvalue weighted by Gasteiger charge is 2.23. The minimum Gasteiger partial charge on any atom is -0.391 e. The Morgan fingerprint density at radius 2 is 2.35 bits per heavy atom. The maximum atomic E-state index is 12.1. The van der Waals surface area contributed by atoms with Crippen LogP contribution in [0, 0.1) is 13.8 Å². The molecular formula is C12H18N2O3. The number of β-amino-alcohol motifs (C(OH)–C–C–N with tert-alkyl or cyclic N) is 1. The molecule has 1 aromatic heterocycles. The second kappa shape index (κ2) is 4.87. The van der Waals surface area contributed by atoms with Gasteiger partial charge in [-0.05, 0) is 26.7 Å². The molecule has 0 aromatic carbocycles. The molecule has 1 fully saturated rings. The van der Waals surface area contributed by atoms with Crippen LogP contribution in [0.4, 0.5) is 0 Å². The van der Waals surface area contributed by atoms with Crippen LogP contribution in [0.1, 0.15) is 29.9 Å². The number of carbonyl (C=O) groups is 1.